The van der Waals surface area contributed by atoms with Crippen LogP contribution in [0.3, 0.4) is 0 Å². The van der Waals surface area contributed by atoms with Crippen molar-refractivity contribution in [3.8, 4) is 0 Å². The minimum atomic E-state index is -0.121. The van der Waals surface area contributed by atoms with Gasteiger partial charge in [0.15, 0.2) is 0 Å². The second-order valence-corrected chi connectivity index (χ2v) is 7.04. The summed E-state index contributed by atoms with van der Waals surface area (Å²) in [6, 6.07) is -0.0835. The smallest absolute Gasteiger partial charge is 0.243 e. The number of nitrogens with one attached hydrogen (secondary N) is 1. The first-order valence-electron chi connectivity index (χ1n) is 7.83. The van der Waals surface area contributed by atoms with E-state index in [1.165, 1.54) is 19.4 Å². The maximum absolute atomic E-state index is 11.9. The van der Waals surface area contributed by atoms with Gasteiger partial charge in [0, 0.05) is 31.6 Å². The van der Waals surface area contributed by atoms with Crippen LogP contribution in [0.2, 0.25) is 0 Å². The molecule has 3 fully saturated rings. The summed E-state index contributed by atoms with van der Waals surface area (Å²) in [4.78, 5) is 28.0. The first kappa shape index (κ1) is 14.0. The molecular formula is C15H25N3O2. The molecular weight excluding hydrogens is 254 g/mol. The van der Waals surface area contributed by atoms with Crippen molar-refractivity contribution in [2.24, 2.45) is 5.92 Å². The molecule has 1 spiro atoms. The van der Waals surface area contributed by atoms with E-state index in [-0.39, 0.29) is 17.9 Å². The monoisotopic (exact) mass is 279 g/mol. The van der Waals surface area contributed by atoms with Gasteiger partial charge in [0.05, 0.1) is 6.04 Å². The summed E-state index contributed by atoms with van der Waals surface area (Å²) in [7, 11) is 0. The van der Waals surface area contributed by atoms with Crippen molar-refractivity contribution in [1.29, 1.82) is 0 Å². The highest BCUT2D eigenvalue weighted by Gasteiger charge is 2.53. The minimum Gasteiger partial charge on any atom is -0.295 e. The van der Waals surface area contributed by atoms with Gasteiger partial charge >= 0.3 is 0 Å². The molecule has 3 aliphatic heterocycles. The highest BCUT2D eigenvalue weighted by Crippen LogP contribution is 2.39. The summed E-state index contributed by atoms with van der Waals surface area (Å²) < 4.78 is 0. The van der Waals surface area contributed by atoms with Crippen LogP contribution in [0.1, 0.15) is 39.5 Å². The van der Waals surface area contributed by atoms with Gasteiger partial charge in [-0.2, -0.15) is 0 Å². The zero-order valence-corrected chi connectivity index (χ0v) is 12.5. The lowest BCUT2D eigenvalue weighted by atomic mass is 9.83. The topological polar surface area (TPSA) is 52.6 Å². The molecule has 1 atom stereocenters. The fraction of sp³-hybridized carbons (Fsp3) is 0.867. The van der Waals surface area contributed by atoms with Crippen LogP contribution in [0.4, 0.5) is 0 Å². The molecule has 3 aliphatic rings. The van der Waals surface area contributed by atoms with Gasteiger partial charge in [-0.15, -0.1) is 0 Å². The molecule has 0 bridgehead atoms. The van der Waals surface area contributed by atoms with E-state index in [0.717, 1.165) is 19.6 Å². The van der Waals surface area contributed by atoms with E-state index in [4.69, 9.17) is 0 Å². The lowest BCUT2D eigenvalue weighted by Crippen LogP contribution is -2.72. The second-order valence-electron chi connectivity index (χ2n) is 7.04. The van der Waals surface area contributed by atoms with Crippen LogP contribution in [-0.2, 0) is 9.59 Å². The normalized spacial score (nSPS) is 30.9. The average Bonchev–Trinajstić information content (AvgIpc) is 2.70. The van der Waals surface area contributed by atoms with Crippen molar-refractivity contribution >= 4 is 11.8 Å². The van der Waals surface area contributed by atoms with Crippen molar-refractivity contribution in [2.75, 3.05) is 26.2 Å². The van der Waals surface area contributed by atoms with E-state index >= 15 is 0 Å². The first-order valence-corrected chi connectivity index (χ1v) is 7.83. The van der Waals surface area contributed by atoms with Crippen molar-refractivity contribution in [2.45, 2.75) is 51.1 Å². The SMILES string of the molecule is CC(C)CN1CCCC12CN(C1CCC(=O)NC1=O)C2. The van der Waals surface area contributed by atoms with Crippen LogP contribution >= 0.6 is 0 Å². The zero-order chi connectivity index (χ0) is 14.3. The number of carbonyl (C=O) groups excluding carboxylic acids is 2. The maximum Gasteiger partial charge on any atom is 0.243 e. The van der Waals surface area contributed by atoms with Crippen LogP contribution < -0.4 is 5.32 Å². The summed E-state index contributed by atoms with van der Waals surface area (Å²) in [5.41, 5.74) is 0.312. The fourth-order valence-corrected chi connectivity index (χ4v) is 4.04. The lowest BCUT2D eigenvalue weighted by Gasteiger charge is -2.55. The third kappa shape index (κ3) is 2.37. The lowest BCUT2D eigenvalue weighted by molar-refractivity contribution is -0.143. The van der Waals surface area contributed by atoms with Crippen LogP contribution in [0, 0.1) is 5.92 Å². The molecule has 5 heteroatoms. The van der Waals surface area contributed by atoms with Gasteiger partial charge in [-0.3, -0.25) is 24.7 Å². The predicted molar refractivity (Wildman–Crippen MR) is 76.1 cm³/mol. The number of hydrogen-bond donors (Lipinski definition) is 1. The second kappa shape index (κ2) is 5.11. The molecule has 5 nitrogen and oxygen atoms in total. The maximum atomic E-state index is 11.9. The number of nitrogens with zero attached hydrogens (tertiary/aromatic N) is 2. The van der Waals surface area contributed by atoms with E-state index in [2.05, 4.69) is 29.0 Å². The standard InChI is InChI=1S/C15H25N3O2/c1-11(2)8-18-7-3-6-15(18)9-17(10-15)12-4-5-13(19)16-14(12)20/h11-12H,3-10H2,1-2H3,(H,16,19,20). The molecule has 3 heterocycles. The molecule has 3 saturated heterocycles. The Hall–Kier alpha value is -0.940. The van der Waals surface area contributed by atoms with Gasteiger partial charge in [-0.1, -0.05) is 13.8 Å². The quantitative estimate of drug-likeness (QED) is 0.769. The fourth-order valence-electron chi connectivity index (χ4n) is 4.04. The Labute approximate surface area is 120 Å². The summed E-state index contributed by atoms with van der Waals surface area (Å²) in [5, 5.41) is 2.47. The third-order valence-electron chi connectivity index (χ3n) is 4.97. The van der Waals surface area contributed by atoms with E-state index in [0.29, 0.717) is 24.3 Å². The van der Waals surface area contributed by atoms with Crippen LogP contribution in [0.15, 0.2) is 0 Å². The van der Waals surface area contributed by atoms with E-state index < -0.39 is 0 Å². The van der Waals surface area contributed by atoms with Gasteiger partial charge in [0.2, 0.25) is 11.8 Å². The van der Waals surface area contributed by atoms with Crippen LogP contribution in [0.5, 0.6) is 0 Å². The third-order valence-corrected chi connectivity index (χ3v) is 4.97. The molecule has 112 valence electrons. The molecule has 0 aromatic heterocycles. The number of hydrogen-bond acceptors (Lipinski definition) is 4. The molecule has 0 radical (unpaired) electrons. The first-order chi connectivity index (χ1) is 9.50. The van der Waals surface area contributed by atoms with E-state index in [1.54, 1.807) is 0 Å². The summed E-state index contributed by atoms with van der Waals surface area (Å²) in [6.45, 7) is 8.87. The molecule has 0 aliphatic carbocycles. The summed E-state index contributed by atoms with van der Waals surface area (Å²) >= 11 is 0. The largest absolute Gasteiger partial charge is 0.295 e. The Morgan fingerprint density at radius 2 is 2.10 bits per heavy atom. The number of piperidine rings is 1. The Kier molecular flexibility index (Phi) is 3.58. The Morgan fingerprint density at radius 3 is 2.75 bits per heavy atom. The molecule has 3 rings (SSSR count). The van der Waals surface area contributed by atoms with Gasteiger partial charge in [0.1, 0.15) is 0 Å². The molecule has 0 saturated carbocycles. The summed E-state index contributed by atoms with van der Waals surface area (Å²) in [6.07, 6.45) is 3.69. The number of imide groups is 1. The molecule has 20 heavy (non-hydrogen) atoms. The van der Waals surface area contributed by atoms with Crippen molar-refractivity contribution in [3.63, 3.8) is 0 Å². The predicted octanol–water partition coefficient (Wildman–Crippen LogP) is 0.598. The van der Waals surface area contributed by atoms with E-state index in [1.807, 2.05) is 0 Å². The molecule has 0 aromatic carbocycles. The Morgan fingerprint density at radius 1 is 1.35 bits per heavy atom. The number of carbonyl (C=O) groups is 2. The number of likely N-dealkylation sites (tertiary alicyclic amines) is 2. The van der Waals surface area contributed by atoms with Crippen molar-refractivity contribution < 1.29 is 9.59 Å². The van der Waals surface area contributed by atoms with Crippen molar-refractivity contribution in [1.82, 2.24) is 15.1 Å². The van der Waals surface area contributed by atoms with Gasteiger partial charge in [-0.25, -0.2) is 0 Å². The molecule has 1 N–H and O–H groups in total. The molecule has 2 amide bonds. The van der Waals surface area contributed by atoms with Crippen LogP contribution in [-0.4, -0.2) is 59.4 Å². The zero-order valence-electron chi connectivity index (χ0n) is 12.5. The molecule has 1 unspecified atom stereocenters. The van der Waals surface area contributed by atoms with E-state index in [9.17, 15) is 9.59 Å². The van der Waals surface area contributed by atoms with Crippen LogP contribution in [0.25, 0.3) is 0 Å². The van der Waals surface area contributed by atoms with Gasteiger partial charge < -0.3 is 0 Å². The van der Waals surface area contributed by atoms with Gasteiger partial charge in [-0.05, 0) is 31.7 Å². The van der Waals surface area contributed by atoms with Crippen molar-refractivity contribution in [3.05, 3.63) is 0 Å². The number of amides is 2. The minimum absolute atomic E-state index is 0.0835. The van der Waals surface area contributed by atoms with Gasteiger partial charge in [0.25, 0.3) is 0 Å². The average molecular weight is 279 g/mol. The molecule has 0 aromatic rings. The highest BCUT2D eigenvalue weighted by molar-refractivity contribution is 6.00. The highest BCUT2D eigenvalue weighted by atomic mass is 16.2. The Balaban J connectivity index is 1.60. The Bertz CT molecular complexity index is 415. The number of rotatable bonds is 3. The summed E-state index contributed by atoms with van der Waals surface area (Å²) in [5.74, 6) is 0.475.